The molecule has 1 unspecified atom stereocenters. The van der Waals surface area contributed by atoms with Gasteiger partial charge in [0.2, 0.25) is 11.8 Å². The molecule has 5 nitrogen and oxygen atoms in total. The molecule has 0 aliphatic carbocycles. The van der Waals surface area contributed by atoms with Gasteiger partial charge in [0.25, 0.3) is 0 Å². The van der Waals surface area contributed by atoms with Crippen LogP contribution < -0.4 is 10.6 Å². The normalized spacial score (nSPS) is 16.5. The number of amides is 2. The highest BCUT2D eigenvalue weighted by molar-refractivity contribution is 5.92. The van der Waals surface area contributed by atoms with Gasteiger partial charge < -0.3 is 15.6 Å². The van der Waals surface area contributed by atoms with Crippen LogP contribution in [0.1, 0.15) is 18.4 Å². The number of carbonyl (C=O) groups excluding carboxylic acids is 2. The van der Waals surface area contributed by atoms with Gasteiger partial charge in [0.1, 0.15) is 11.9 Å². The summed E-state index contributed by atoms with van der Waals surface area (Å²) in [5, 5.41) is 6.26. The van der Waals surface area contributed by atoms with E-state index in [2.05, 4.69) is 15.6 Å². The molecule has 1 aromatic heterocycles. The van der Waals surface area contributed by atoms with Gasteiger partial charge in [0.05, 0.1) is 0 Å². The summed E-state index contributed by atoms with van der Waals surface area (Å²) >= 11 is 0. The SMILES string of the molecule is O=C(CCc1c(-c2ccccc2)[nH]c2ccc(F)cc12)NC1CCNC1=O. The molecule has 0 saturated carbocycles. The monoisotopic (exact) mass is 365 g/mol. The predicted molar refractivity (Wildman–Crippen MR) is 102 cm³/mol. The molecule has 27 heavy (non-hydrogen) atoms. The van der Waals surface area contributed by atoms with Crippen LogP contribution in [0.15, 0.2) is 48.5 Å². The lowest BCUT2D eigenvalue weighted by Gasteiger charge is -2.10. The first-order valence-electron chi connectivity index (χ1n) is 9.04. The number of carbonyl (C=O) groups is 2. The van der Waals surface area contributed by atoms with Crippen LogP contribution in [0.25, 0.3) is 22.2 Å². The highest BCUT2D eigenvalue weighted by atomic mass is 19.1. The Bertz CT molecular complexity index is 997. The van der Waals surface area contributed by atoms with E-state index in [0.717, 1.165) is 27.7 Å². The zero-order valence-electron chi connectivity index (χ0n) is 14.7. The molecule has 3 aromatic rings. The minimum Gasteiger partial charge on any atom is -0.354 e. The van der Waals surface area contributed by atoms with Crippen LogP contribution in [0.2, 0.25) is 0 Å². The fourth-order valence-corrected chi connectivity index (χ4v) is 3.57. The highest BCUT2D eigenvalue weighted by Gasteiger charge is 2.25. The molecule has 1 saturated heterocycles. The number of aryl methyl sites for hydroxylation is 1. The Morgan fingerprint density at radius 1 is 1.19 bits per heavy atom. The Hall–Kier alpha value is -3.15. The van der Waals surface area contributed by atoms with Gasteiger partial charge in [-0.25, -0.2) is 4.39 Å². The van der Waals surface area contributed by atoms with Crippen molar-refractivity contribution in [3.63, 3.8) is 0 Å². The van der Waals surface area contributed by atoms with Crippen LogP contribution in [0.3, 0.4) is 0 Å². The number of aromatic nitrogens is 1. The zero-order valence-corrected chi connectivity index (χ0v) is 14.7. The number of hydrogen-bond acceptors (Lipinski definition) is 2. The van der Waals surface area contributed by atoms with Crippen LogP contribution in [0.5, 0.6) is 0 Å². The van der Waals surface area contributed by atoms with Gasteiger partial charge >= 0.3 is 0 Å². The minimum atomic E-state index is -0.452. The zero-order chi connectivity index (χ0) is 18.8. The van der Waals surface area contributed by atoms with Crippen molar-refractivity contribution in [2.75, 3.05) is 6.54 Å². The molecule has 1 fully saturated rings. The van der Waals surface area contributed by atoms with E-state index in [1.54, 1.807) is 6.07 Å². The Labute approximate surface area is 156 Å². The van der Waals surface area contributed by atoms with Crippen molar-refractivity contribution < 1.29 is 14.0 Å². The fraction of sp³-hybridized carbons (Fsp3) is 0.238. The van der Waals surface area contributed by atoms with E-state index in [1.165, 1.54) is 12.1 Å². The van der Waals surface area contributed by atoms with E-state index in [0.29, 0.717) is 19.4 Å². The molecule has 138 valence electrons. The molecule has 3 N–H and O–H groups in total. The number of hydrogen-bond donors (Lipinski definition) is 3. The average Bonchev–Trinajstić information content (AvgIpc) is 3.24. The molecule has 1 aliphatic heterocycles. The van der Waals surface area contributed by atoms with Crippen molar-refractivity contribution in [3.05, 3.63) is 59.9 Å². The molecule has 0 bridgehead atoms. The average molecular weight is 365 g/mol. The van der Waals surface area contributed by atoms with Crippen molar-refractivity contribution in [1.29, 1.82) is 0 Å². The summed E-state index contributed by atoms with van der Waals surface area (Å²) in [6, 6.07) is 14.0. The van der Waals surface area contributed by atoms with Gasteiger partial charge in [-0.15, -0.1) is 0 Å². The van der Waals surface area contributed by atoms with Crippen molar-refractivity contribution in [1.82, 2.24) is 15.6 Å². The first-order valence-corrected chi connectivity index (χ1v) is 9.04. The lowest BCUT2D eigenvalue weighted by Crippen LogP contribution is -2.40. The van der Waals surface area contributed by atoms with E-state index in [4.69, 9.17) is 0 Å². The van der Waals surface area contributed by atoms with Crippen molar-refractivity contribution >= 4 is 22.7 Å². The Balaban J connectivity index is 1.60. The molecule has 0 spiro atoms. The molecular formula is C21H20FN3O2. The molecule has 1 aliphatic rings. The topological polar surface area (TPSA) is 74.0 Å². The smallest absolute Gasteiger partial charge is 0.242 e. The molecule has 4 rings (SSSR count). The molecule has 6 heteroatoms. The molecule has 0 radical (unpaired) electrons. The van der Waals surface area contributed by atoms with E-state index in [9.17, 15) is 14.0 Å². The molecule has 1 atom stereocenters. The second kappa shape index (κ2) is 7.23. The number of H-pyrrole nitrogens is 1. The summed E-state index contributed by atoms with van der Waals surface area (Å²) in [5.74, 6) is -0.626. The van der Waals surface area contributed by atoms with E-state index in [-0.39, 0.29) is 24.1 Å². The van der Waals surface area contributed by atoms with Crippen LogP contribution in [0.4, 0.5) is 4.39 Å². The summed E-state index contributed by atoms with van der Waals surface area (Å²) < 4.78 is 13.8. The van der Waals surface area contributed by atoms with Gasteiger partial charge in [-0.05, 0) is 42.2 Å². The molecule has 2 amide bonds. The van der Waals surface area contributed by atoms with Crippen LogP contribution in [0, 0.1) is 5.82 Å². The van der Waals surface area contributed by atoms with Crippen LogP contribution >= 0.6 is 0 Å². The number of nitrogens with one attached hydrogen (secondary N) is 3. The third-order valence-electron chi connectivity index (χ3n) is 4.92. The Morgan fingerprint density at radius 3 is 2.74 bits per heavy atom. The maximum Gasteiger partial charge on any atom is 0.242 e. The van der Waals surface area contributed by atoms with Gasteiger partial charge in [-0.1, -0.05) is 30.3 Å². The number of aromatic amines is 1. The highest BCUT2D eigenvalue weighted by Crippen LogP contribution is 2.31. The quantitative estimate of drug-likeness (QED) is 0.650. The summed E-state index contributed by atoms with van der Waals surface area (Å²) in [7, 11) is 0. The second-order valence-electron chi connectivity index (χ2n) is 6.73. The van der Waals surface area contributed by atoms with Crippen molar-refractivity contribution in [2.24, 2.45) is 0 Å². The molecule has 2 aromatic carbocycles. The number of fused-ring (bicyclic) bond motifs is 1. The molecule has 2 heterocycles. The van der Waals surface area contributed by atoms with Crippen LogP contribution in [-0.4, -0.2) is 29.4 Å². The predicted octanol–water partition coefficient (Wildman–Crippen LogP) is 2.91. The van der Waals surface area contributed by atoms with E-state index in [1.807, 2.05) is 30.3 Å². The largest absolute Gasteiger partial charge is 0.354 e. The van der Waals surface area contributed by atoms with Gasteiger partial charge in [-0.3, -0.25) is 9.59 Å². The van der Waals surface area contributed by atoms with Gasteiger partial charge in [0.15, 0.2) is 0 Å². The number of halogens is 1. The maximum atomic E-state index is 13.8. The summed E-state index contributed by atoms with van der Waals surface area (Å²) in [6.07, 6.45) is 1.29. The Morgan fingerprint density at radius 2 is 2.00 bits per heavy atom. The maximum absolute atomic E-state index is 13.8. The summed E-state index contributed by atoms with van der Waals surface area (Å²) in [5.41, 5.74) is 3.62. The van der Waals surface area contributed by atoms with Crippen LogP contribution in [-0.2, 0) is 16.0 Å². The lowest BCUT2D eigenvalue weighted by molar-refractivity contribution is -0.127. The van der Waals surface area contributed by atoms with Crippen molar-refractivity contribution in [3.8, 4) is 11.3 Å². The third-order valence-corrected chi connectivity index (χ3v) is 4.92. The molecular weight excluding hydrogens is 345 g/mol. The number of benzene rings is 2. The first-order chi connectivity index (χ1) is 13.1. The summed E-state index contributed by atoms with van der Waals surface area (Å²) in [6.45, 7) is 0.587. The second-order valence-corrected chi connectivity index (χ2v) is 6.73. The third kappa shape index (κ3) is 3.56. The Kier molecular flexibility index (Phi) is 4.62. The number of rotatable bonds is 5. The fourth-order valence-electron chi connectivity index (χ4n) is 3.57. The lowest BCUT2D eigenvalue weighted by atomic mass is 10.0. The van der Waals surface area contributed by atoms with E-state index < -0.39 is 6.04 Å². The van der Waals surface area contributed by atoms with Crippen molar-refractivity contribution in [2.45, 2.75) is 25.3 Å². The first kappa shape index (κ1) is 17.3. The van der Waals surface area contributed by atoms with E-state index >= 15 is 0 Å². The summed E-state index contributed by atoms with van der Waals surface area (Å²) in [4.78, 5) is 27.3. The standard InChI is InChI=1S/C21H20FN3O2/c22-14-6-8-17-16(12-14)15(20(25-17)13-4-2-1-3-5-13)7-9-19(26)24-18-10-11-23-21(18)27/h1-6,8,12,18,25H,7,9-11H2,(H,23,27)(H,24,26). The van der Waals surface area contributed by atoms with Gasteiger partial charge in [0, 0.05) is 29.6 Å². The minimum absolute atomic E-state index is 0.137. The van der Waals surface area contributed by atoms with Gasteiger partial charge in [-0.2, -0.15) is 0 Å².